The molecule has 9 nitrogen and oxygen atoms in total. The molecule has 1 aliphatic rings. The third-order valence-electron chi connectivity index (χ3n) is 4.54. The minimum Gasteiger partial charge on any atom is -0.444 e. The van der Waals surface area contributed by atoms with E-state index >= 15 is 0 Å². The van der Waals surface area contributed by atoms with Crippen molar-refractivity contribution in [2.24, 2.45) is 0 Å². The first-order valence-electron chi connectivity index (χ1n) is 9.05. The van der Waals surface area contributed by atoms with Crippen LogP contribution in [0.4, 0.5) is 0 Å². The molecule has 0 radical (unpaired) electrons. The highest BCUT2D eigenvalue weighted by Crippen LogP contribution is 2.39. The fourth-order valence-corrected chi connectivity index (χ4v) is 2.88. The lowest BCUT2D eigenvalue weighted by Crippen LogP contribution is -2.39. The van der Waals surface area contributed by atoms with Crippen LogP contribution in [0, 0.1) is 0 Å². The Morgan fingerprint density at radius 1 is 1.29 bits per heavy atom. The topological polar surface area (TPSA) is 117 Å². The average molecular weight is 380 g/mol. The second kappa shape index (κ2) is 7.63. The summed E-state index contributed by atoms with van der Waals surface area (Å²) in [4.78, 5) is 35.1. The van der Waals surface area contributed by atoms with E-state index in [2.05, 4.69) is 25.5 Å². The molecule has 2 N–H and O–H groups in total. The van der Waals surface area contributed by atoms with Gasteiger partial charge in [-0.1, -0.05) is 6.07 Å². The molecule has 2 amide bonds. The number of carbonyl (C=O) groups excluding carboxylic acids is 2. The molecular formula is C19H20N6O3. The van der Waals surface area contributed by atoms with Crippen LogP contribution in [0.15, 0.2) is 41.2 Å². The van der Waals surface area contributed by atoms with Crippen molar-refractivity contribution >= 4 is 11.8 Å². The summed E-state index contributed by atoms with van der Waals surface area (Å²) in [5, 5.41) is 9.36. The van der Waals surface area contributed by atoms with Crippen LogP contribution in [0.25, 0.3) is 11.4 Å². The minimum atomic E-state index is -0.345. The number of pyridine rings is 1. The van der Waals surface area contributed by atoms with Gasteiger partial charge in [-0.2, -0.15) is 5.10 Å². The molecule has 0 saturated heterocycles. The van der Waals surface area contributed by atoms with Gasteiger partial charge in [-0.3, -0.25) is 19.7 Å². The number of rotatable bonds is 7. The zero-order chi connectivity index (χ0) is 19.5. The number of aromatic nitrogens is 4. The maximum Gasteiger partial charge on any atom is 0.258 e. The highest BCUT2D eigenvalue weighted by molar-refractivity contribution is 6.00. The van der Waals surface area contributed by atoms with Crippen LogP contribution in [0.1, 0.15) is 40.8 Å². The van der Waals surface area contributed by atoms with Crippen LogP contribution in [0.5, 0.6) is 0 Å². The SMILES string of the molecule is CNC(=O)CN(Cc1cnc(C2CC2)o1)C(=O)c1cn[nH]c1-c1ccccn1. The van der Waals surface area contributed by atoms with Crippen molar-refractivity contribution in [1.29, 1.82) is 0 Å². The predicted molar refractivity (Wildman–Crippen MR) is 99.1 cm³/mol. The van der Waals surface area contributed by atoms with Gasteiger partial charge < -0.3 is 14.6 Å². The van der Waals surface area contributed by atoms with E-state index < -0.39 is 0 Å². The minimum absolute atomic E-state index is 0.109. The first kappa shape index (κ1) is 17.9. The van der Waals surface area contributed by atoms with Gasteiger partial charge in [-0.25, -0.2) is 4.98 Å². The second-order valence-corrected chi connectivity index (χ2v) is 6.65. The summed E-state index contributed by atoms with van der Waals surface area (Å²) in [6.07, 6.45) is 6.85. The number of hydrogen-bond donors (Lipinski definition) is 2. The second-order valence-electron chi connectivity index (χ2n) is 6.65. The molecule has 1 saturated carbocycles. The molecular weight excluding hydrogens is 360 g/mol. The molecule has 3 heterocycles. The van der Waals surface area contributed by atoms with Crippen molar-refractivity contribution in [2.75, 3.05) is 13.6 Å². The third kappa shape index (κ3) is 3.78. The molecule has 0 unspecified atom stereocenters. The van der Waals surface area contributed by atoms with Crippen molar-refractivity contribution in [2.45, 2.75) is 25.3 Å². The number of oxazole rings is 1. The van der Waals surface area contributed by atoms with E-state index in [9.17, 15) is 9.59 Å². The van der Waals surface area contributed by atoms with Gasteiger partial charge >= 0.3 is 0 Å². The lowest BCUT2D eigenvalue weighted by molar-refractivity contribution is -0.121. The summed E-state index contributed by atoms with van der Waals surface area (Å²) in [5.41, 5.74) is 1.44. The van der Waals surface area contributed by atoms with E-state index in [1.54, 1.807) is 24.5 Å². The van der Waals surface area contributed by atoms with E-state index in [4.69, 9.17) is 4.42 Å². The summed E-state index contributed by atoms with van der Waals surface area (Å²) in [6.45, 7) is 0.0282. The average Bonchev–Trinajstić information content (AvgIpc) is 3.27. The number of nitrogens with one attached hydrogen (secondary N) is 2. The fourth-order valence-electron chi connectivity index (χ4n) is 2.88. The van der Waals surface area contributed by atoms with E-state index in [1.165, 1.54) is 18.1 Å². The van der Waals surface area contributed by atoms with Crippen LogP contribution in [-0.4, -0.2) is 50.5 Å². The smallest absolute Gasteiger partial charge is 0.258 e. The van der Waals surface area contributed by atoms with Gasteiger partial charge in [0.25, 0.3) is 5.91 Å². The first-order chi connectivity index (χ1) is 13.7. The highest BCUT2D eigenvalue weighted by Gasteiger charge is 2.30. The normalized spacial score (nSPS) is 13.3. The fraction of sp³-hybridized carbons (Fsp3) is 0.316. The van der Waals surface area contributed by atoms with Crippen molar-refractivity contribution in [1.82, 2.24) is 30.4 Å². The Morgan fingerprint density at radius 3 is 2.86 bits per heavy atom. The number of H-pyrrole nitrogens is 1. The Bertz CT molecular complexity index is 976. The summed E-state index contributed by atoms with van der Waals surface area (Å²) in [7, 11) is 1.53. The van der Waals surface area contributed by atoms with E-state index in [0.29, 0.717) is 34.5 Å². The summed E-state index contributed by atoms with van der Waals surface area (Å²) in [6, 6.07) is 5.40. The molecule has 0 aliphatic heterocycles. The molecule has 0 atom stereocenters. The zero-order valence-corrected chi connectivity index (χ0v) is 15.4. The highest BCUT2D eigenvalue weighted by atomic mass is 16.4. The van der Waals surface area contributed by atoms with Crippen LogP contribution < -0.4 is 5.32 Å². The monoisotopic (exact) mass is 380 g/mol. The largest absolute Gasteiger partial charge is 0.444 e. The molecule has 144 valence electrons. The van der Waals surface area contributed by atoms with Crippen LogP contribution in [-0.2, 0) is 11.3 Å². The quantitative estimate of drug-likeness (QED) is 0.645. The van der Waals surface area contributed by atoms with Gasteiger partial charge in [0.2, 0.25) is 5.91 Å². The van der Waals surface area contributed by atoms with Crippen LogP contribution in [0.3, 0.4) is 0 Å². The lowest BCUT2D eigenvalue weighted by Gasteiger charge is -2.20. The van der Waals surface area contributed by atoms with Crippen molar-refractivity contribution < 1.29 is 14.0 Å². The zero-order valence-electron chi connectivity index (χ0n) is 15.4. The lowest BCUT2D eigenvalue weighted by atomic mass is 10.1. The molecule has 9 heteroatoms. The van der Waals surface area contributed by atoms with Gasteiger partial charge in [-0.15, -0.1) is 0 Å². The van der Waals surface area contributed by atoms with E-state index in [1.807, 2.05) is 6.07 Å². The molecule has 1 aliphatic carbocycles. The molecule has 0 spiro atoms. The molecule has 3 aromatic rings. The number of nitrogens with zero attached hydrogens (tertiary/aromatic N) is 4. The molecule has 0 aromatic carbocycles. The van der Waals surface area contributed by atoms with E-state index in [0.717, 1.165) is 12.8 Å². The van der Waals surface area contributed by atoms with Crippen molar-refractivity contribution in [3.63, 3.8) is 0 Å². The molecule has 28 heavy (non-hydrogen) atoms. The number of aromatic amines is 1. The molecule has 3 aromatic heterocycles. The molecule has 0 bridgehead atoms. The Hall–Kier alpha value is -3.49. The Labute approximate surface area is 161 Å². The number of hydrogen-bond acceptors (Lipinski definition) is 6. The Kier molecular flexibility index (Phi) is 4.88. The van der Waals surface area contributed by atoms with Gasteiger partial charge in [0.05, 0.1) is 35.9 Å². The number of likely N-dealkylation sites (N-methyl/N-ethyl adjacent to an activating group) is 1. The summed E-state index contributed by atoms with van der Waals surface area (Å²) < 4.78 is 5.76. The third-order valence-corrected chi connectivity index (χ3v) is 4.54. The van der Waals surface area contributed by atoms with Crippen LogP contribution in [0.2, 0.25) is 0 Å². The maximum atomic E-state index is 13.2. The van der Waals surface area contributed by atoms with Crippen molar-refractivity contribution in [3.05, 3.63) is 54.0 Å². The van der Waals surface area contributed by atoms with E-state index in [-0.39, 0.29) is 24.9 Å². The maximum absolute atomic E-state index is 13.2. The van der Waals surface area contributed by atoms with Crippen molar-refractivity contribution in [3.8, 4) is 11.4 Å². The van der Waals surface area contributed by atoms with Gasteiger partial charge in [0, 0.05) is 19.2 Å². The van der Waals surface area contributed by atoms with Gasteiger partial charge in [-0.05, 0) is 25.0 Å². The summed E-state index contributed by atoms with van der Waals surface area (Å²) in [5.74, 6) is 0.990. The Balaban J connectivity index is 1.60. The van der Waals surface area contributed by atoms with Crippen LogP contribution >= 0.6 is 0 Å². The number of carbonyl (C=O) groups is 2. The molecule has 4 rings (SSSR count). The summed E-state index contributed by atoms with van der Waals surface area (Å²) >= 11 is 0. The van der Waals surface area contributed by atoms with Gasteiger partial charge in [0.1, 0.15) is 12.3 Å². The standard InChI is InChI=1S/C19H20N6O3/c1-20-16(26)11-25(10-13-8-22-18(28-13)12-5-6-12)19(27)14-9-23-24-17(14)15-4-2-3-7-21-15/h2-4,7-9,12H,5-6,10-11H2,1H3,(H,20,26)(H,23,24). The molecule has 1 fully saturated rings. The number of amides is 2. The predicted octanol–water partition coefficient (Wildman–Crippen LogP) is 1.73. The van der Waals surface area contributed by atoms with Gasteiger partial charge in [0.15, 0.2) is 5.89 Å². The first-order valence-corrected chi connectivity index (χ1v) is 9.05. The Morgan fingerprint density at radius 2 is 2.14 bits per heavy atom.